The van der Waals surface area contributed by atoms with E-state index in [2.05, 4.69) is 15.0 Å². The molecule has 0 aliphatic heterocycles. The van der Waals surface area contributed by atoms with E-state index in [-0.39, 0.29) is 17.3 Å². The van der Waals surface area contributed by atoms with Crippen LogP contribution in [-0.2, 0) is 0 Å². The lowest BCUT2D eigenvalue weighted by atomic mass is 10.0. The number of aromatic nitrogens is 3. The zero-order chi connectivity index (χ0) is 14.8. The van der Waals surface area contributed by atoms with Crippen LogP contribution < -0.4 is 11.3 Å². The van der Waals surface area contributed by atoms with Crippen molar-refractivity contribution in [1.82, 2.24) is 15.0 Å². The van der Waals surface area contributed by atoms with Crippen LogP contribution in [0.3, 0.4) is 0 Å². The molecule has 3 rings (SSSR count). The molecule has 104 valence electrons. The van der Waals surface area contributed by atoms with Crippen molar-refractivity contribution in [3.8, 4) is 22.4 Å². The number of anilines is 1. The number of halogens is 1. The number of benzene rings is 1. The minimum absolute atomic E-state index is 0.0256. The molecule has 0 aliphatic rings. The number of nitrogens with zero attached hydrogens (tertiary/aromatic N) is 2. The van der Waals surface area contributed by atoms with Gasteiger partial charge in [-0.05, 0) is 29.8 Å². The van der Waals surface area contributed by atoms with E-state index in [9.17, 15) is 9.18 Å². The van der Waals surface area contributed by atoms with Gasteiger partial charge in [-0.3, -0.25) is 14.8 Å². The first-order chi connectivity index (χ1) is 10.1. The smallest absolute Gasteiger partial charge is 0.260 e. The molecule has 0 saturated heterocycles. The van der Waals surface area contributed by atoms with Crippen LogP contribution in [0.5, 0.6) is 0 Å². The molecule has 0 aliphatic carbocycles. The monoisotopic (exact) mass is 282 g/mol. The fourth-order valence-electron chi connectivity index (χ4n) is 2.09. The third-order valence-corrected chi connectivity index (χ3v) is 3.02. The molecule has 0 atom stereocenters. The number of hydrogen-bond donors (Lipinski definition) is 2. The SMILES string of the molecule is Nc1nc(-c2ccncc2)c(-c2ccc(F)cc2)c(=O)[nH]1. The van der Waals surface area contributed by atoms with Gasteiger partial charge in [-0.1, -0.05) is 12.1 Å². The predicted molar refractivity (Wildman–Crippen MR) is 77.9 cm³/mol. The van der Waals surface area contributed by atoms with Gasteiger partial charge in [0, 0.05) is 18.0 Å². The first-order valence-electron chi connectivity index (χ1n) is 6.21. The van der Waals surface area contributed by atoms with Gasteiger partial charge in [-0.2, -0.15) is 0 Å². The van der Waals surface area contributed by atoms with Crippen molar-refractivity contribution in [1.29, 1.82) is 0 Å². The summed E-state index contributed by atoms with van der Waals surface area (Å²) < 4.78 is 13.1. The number of nitrogens with two attached hydrogens (primary N) is 1. The fraction of sp³-hybridized carbons (Fsp3) is 0. The van der Waals surface area contributed by atoms with Crippen LogP contribution in [0.25, 0.3) is 22.4 Å². The molecular weight excluding hydrogens is 271 g/mol. The Morgan fingerprint density at radius 2 is 1.67 bits per heavy atom. The van der Waals surface area contributed by atoms with Gasteiger partial charge in [0.15, 0.2) is 0 Å². The molecule has 21 heavy (non-hydrogen) atoms. The lowest BCUT2D eigenvalue weighted by Crippen LogP contribution is -2.15. The first-order valence-corrected chi connectivity index (χ1v) is 6.21. The van der Waals surface area contributed by atoms with Crippen molar-refractivity contribution in [3.05, 3.63) is 65.0 Å². The Kier molecular flexibility index (Phi) is 3.19. The lowest BCUT2D eigenvalue weighted by molar-refractivity contribution is 0.628. The van der Waals surface area contributed by atoms with Crippen molar-refractivity contribution < 1.29 is 4.39 Å². The molecule has 0 saturated carbocycles. The molecule has 6 heteroatoms. The number of nitrogens with one attached hydrogen (secondary N) is 1. The minimum Gasteiger partial charge on any atom is -0.369 e. The predicted octanol–water partition coefficient (Wildman–Crippen LogP) is 2.22. The third-order valence-electron chi connectivity index (χ3n) is 3.02. The Morgan fingerprint density at radius 1 is 1.00 bits per heavy atom. The summed E-state index contributed by atoms with van der Waals surface area (Å²) in [4.78, 5) is 22.8. The lowest BCUT2D eigenvalue weighted by Gasteiger charge is -2.09. The Bertz CT molecular complexity index is 829. The summed E-state index contributed by atoms with van der Waals surface area (Å²) in [6.07, 6.45) is 3.20. The molecule has 0 radical (unpaired) electrons. The summed E-state index contributed by atoms with van der Waals surface area (Å²) in [5.41, 5.74) is 7.31. The van der Waals surface area contributed by atoms with Gasteiger partial charge in [-0.25, -0.2) is 9.37 Å². The number of pyridine rings is 1. The van der Waals surface area contributed by atoms with Gasteiger partial charge in [0.05, 0.1) is 11.3 Å². The van der Waals surface area contributed by atoms with E-state index in [1.54, 1.807) is 24.5 Å². The van der Waals surface area contributed by atoms with Crippen molar-refractivity contribution in [3.63, 3.8) is 0 Å². The standard InChI is InChI=1S/C15H11FN4O/c16-11-3-1-9(2-4-11)12-13(10-5-7-18-8-6-10)19-15(17)20-14(12)21/h1-8H,(H3,17,19,20,21). The second kappa shape index (κ2) is 5.16. The quantitative estimate of drug-likeness (QED) is 0.754. The Labute approximate surface area is 119 Å². The molecule has 5 nitrogen and oxygen atoms in total. The van der Waals surface area contributed by atoms with E-state index < -0.39 is 0 Å². The zero-order valence-corrected chi connectivity index (χ0v) is 10.9. The van der Waals surface area contributed by atoms with Gasteiger partial charge in [0.25, 0.3) is 5.56 Å². The van der Waals surface area contributed by atoms with Crippen molar-refractivity contribution in [2.24, 2.45) is 0 Å². The van der Waals surface area contributed by atoms with Crippen LogP contribution in [0.15, 0.2) is 53.6 Å². The summed E-state index contributed by atoms with van der Waals surface area (Å²) >= 11 is 0. The van der Waals surface area contributed by atoms with E-state index in [4.69, 9.17) is 5.73 Å². The minimum atomic E-state index is -0.374. The van der Waals surface area contributed by atoms with E-state index in [1.807, 2.05) is 0 Å². The largest absolute Gasteiger partial charge is 0.369 e. The van der Waals surface area contributed by atoms with Crippen LogP contribution >= 0.6 is 0 Å². The molecule has 2 heterocycles. The average Bonchev–Trinajstić information content (AvgIpc) is 2.49. The molecule has 0 unspecified atom stereocenters. The summed E-state index contributed by atoms with van der Waals surface area (Å²) in [5, 5.41) is 0. The number of nitrogen functional groups attached to an aromatic ring is 1. The maximum atomic E-state index is 13.1. The molecule has 1 aromatic carbocycles. The highest BCUT2D eigenvalue weighted by atomic mass is 19.1. The number of rotatable bonds is 2. The highest BCUT2D eigenvalue weighted by Gasteiger charge is 2.14. The summed E-state index contributed by atoms with van der Waals surface area (Å²) in [6.45, 7) is 0. The van der Waals surface area contributed by atoms with Crippen LogP contribution in [-0.4, -0.2) is 15.0 Å². The van der Waals surface area contributed by atoms with Crippen molar-refractivity contribution >= 4 is 5.95 Å². The van der Waals surface area contributed by atoms with Gasteiger partial charge in [-0.15, -0.1) is 0 Å². The molecule has 3 N–H and O–H groups in total. The molecule has 0 fully saturated rings. The van der Waals surface area contributed by atoms with Gasteiger partial charge in [0.2, 0.25) is 5.95 Å². The Hall–Kier alpha value is -3.02. The van der Waals surface area contributed by atoms with E-state index in [1.165, 1.54) is 24.3 Å². The molecule has 0 spiro atoms. The topological polar surface area (TPSA) is 84.7 Å². The Morgan fingerprint density at radius 3 is 2.33 bits per heavy atom. The zero-order valence-electron chi connectivity index (χ0n) is 10.9. The summed E-state index contributed by atoms with van der Waals surface area (Å²) in [5.74, 6) is -0.346. The maximum absolute atomic E-state index is 13.1. The Balaban J connectivity index is 2.29. The van der Waals surface area contributed by atoms with Crippen LogP contribution in [0.2, 0.25) is 0 Å². The average molecular weight is 282 g/mol. The van der Waals surface area contributed by atoms with E-state index >= 15 is 0 Å². The van der Waals surface area contributed by atoms with E-state index in [0.29, 0.717) is 22.4 Å². The van der Waals surface area contributed by atoms with Crippen LogP contribution in [0, 0.1) is 5.82 Å². The third kappa shape index (κ3) is 2.51. The molecule has 3 aromatic rings. The van der Waals surface area contributed by atoms with Crippen molar-refractivity contribution in [2.75, 3.05) is 5.73 Å². The van der Waals surface area contributed by atoms with Crippen LogP contribution in [0.4, 0.5) is 10.3 Å². The second-order valence-corrected chi connectivity index (χ2v) is 4.42. The number of aromatic amines is 1. The summed E-state index contributed by atoms with van der Waals surface area (Å²) in [7, 11) is 0. The number of hydrogen-bond acceptors (Lipinski definition) is 4. The maximum Gasteiger partial charge on any atom is 0.260 e. The van der Waals surface area contributed by atoms with Crippen molar-refractivity contribution in [2.45, 2.75) is 0 Å². The first kappa shape index (κ1) is 13.0. The molecule has 0 amide bonds. The normalized spacial score (nSPS) is 10.5. The van der Waals surface area contributed by atoms with E-state index in [0.717, 1.165) is 0 Å². The van der Waals surface area contributed by atoms with Gasteiger partial charge < -0.3 is 5.73 Å². The highest BCUT2D eigenvalue weighted by molar-refractivity contribution is 5.80. The van der Waals surface area contributed by atoms with Crippen LogP contribution in [0.1, 0.15) is 0 Å². The number of H-pyrrole nitrogens is 1. The second-order valence-electron chi connectivity index (χ2n) is 4.42. The highest BCUT2D eigenvalue weighted by Crippen LogP contribution is 2.27. The van der Waals surface area contributed by atoms with Gasteiger partial charge in [0.1, 0.15) is 5.82 Å². The molecule has 2 aromatic heterocycles. The molecular formula is C15H11FN4O. The fourth-order valence-corrected chi connectivity index (χ4v) is 2.09. The van der Waals surface area contributed by atoms with Gasteiger partial charge >= 0.3 is 0 Å². The molecule has 0 bridgehead atoms. The summed E-state index contributed by atoms with van der Waals surface area (Å²) in [6, 6.07) is 9.11.